The van der Waals surface area contributed by atoms with Crippen molar-refractivity contribution in [3.63, 3.8) is 0 Å². The number of rotatable bonds is 3. The van der Waals surface area contributed by atoms with Gasteiger partial charge in [0.1, 0.15) is 0 Å². The van der Waals surface area contributed by atoms with Crippen molar-refractivity contribution in [1.29, 1.82) is 0 Å². The maximum atomic E-state index is 11.5. The van der Waals surface area contributed by atoms with Gasteiger partial charge in [-0.05, 0) is 0 Å². The van der Waals surface area contributed by atoms with Crippen LogP contribution in [0.2, 0.25) is 0 Å². The summed E-state index contributed by atoms with van der Waals surface area (Å²) in [6.07, 6.45) is 0. The van der Waals surface area contributed by atoms with Crippen molar-refractivity contribution in [3.8, 4) is 0 Å². The molecule has 4 nitrogen and oxygen atoms in total. The quantitative estimate of drug-likeness (QED) is 0.247. The van der Waals surface area contributed by atoms with E-state index in [1.807, 2.05) is 30.3 Å². The molecule has 0 radical (unpaired) electrons. The fourth-order valence-electron chi connectivity index (χ4n) is 1.12. The van der Waals surface area contributed by atoms with Gasteiger partial charge in [-0.1, -0.05) is 30.3 Å². The van der Waals surface area contributed by atoms with Crippen LogP contribution in [0.25, 0.3) is 0 Å². The summed E-state index contributed by atoms with van der Waals surface area (Å²) < 4.78 is 5.08. The van der Waals surface area contributed by atoms with Gasteiger partial charge < -0.3 is 9.94 Å². The minimum absolute atomic E-state index is 0.0568. The van der Waals surface area contributed by atoms with E-state index >= 15 is 0 Å². The van der Waals surface area contributed by atoms with Crippen LogP contribution < -0.4 is 0 Å². The zero-order valence-corrected chi connectivity index (χ0v) is 8.77. The third kappa shape index (κ3) is 3.09. The fourth-order valence-corrected chi connectivity index (χ4v) is 1.12. The minimum atomic E-state index is -0.596. The van der Waals surface area contributed by atoms with Crippen LogP contribution in [-0.2, 0) is 16.1 Å². The number of hydroxylamine groups is 1. The third-order valence-corrected chi connectivity index (χ3v) is 2.02. The largest absolute Gasteiger partial charge is 0.623 e. The summed E-state index contributed by atoms with van der Waals surface area (Å²) in [5.74, 6) is -0.596. The molecule has 1 aromatic carbocycles. The van der Waals surface area contributed by atoms with Crippen molar-refractivity contribution in [2.75, 3.05) is 7.11 Å². The van der Waals surface area contributed by atoms with E-state index in [0.717, 1.165) is 5.56 Å². The van der Waals surface area contributed by atoms with Crippen molar-refractivity contribution in [2.45, 2.75) is 13.5 Å². The van der Waals surface area contributed by atoms with Gasteiger partial charge in [-0.25, -0.2) is 4.79 Å². The Hall–Kier alpha value is -1.84. The zero-order chi connectivity index (χ0) is 11.3. The first kappa shape index (κ1) is 11.2. The predicted molar refractivity (Wildman–Crippen MR) is 56.5 cm³/mol. The average molecular weight is 207 g/mol. The van der Waals surface area contributed by atoms with E-state index in [0.29, 0.717) is 4.74 Å². The Morgan fingerprint density at radius 2 is 2.00 bits per heavy atom. The molecule has 1 rings (SSSR count). The molecule has 0 aliphatic carbocycles. The summed E-state index contributed by atoms with van der Waals surface area (Å²) >= 11 is 0. The van der Waals surface area contributed by atoms with Crippen molar-refractivity contribution in [2.24, 2.45) is 0 Å². The Bertz CT molecular complexity index is 371. The van der Waals surface area contributed by atoms with Crippen molar-refractivity contribution < 1.29 is 14.3 Å². The van der Waals surface area contributed by atoms with Crippen LogP contribution in [0, 0.1) is 5.21 Å². The lowest BCUT2D eigenvalue weighted by molar-refractivity contribution is -0.474. The van der Waals surface area contributed by atoms with E-state index in [4.69, 9.17) is 0 Å². The normalized spacial score (nSPS) is 11.9. The lowest BCUT2D eigenvalue weighted by Crippen LogP contribution is -2.22. The van der Waals surface area contributed by atoms with Crippen LogP contribution in [0.15, 0.2) is 30.3 Å². The van der Waals surface area contributed by atoms with Crippen LogP contribution in [-0.4, -0.2) is 23.5 Å². The molecule has 80 valence electrons. The highest BCUT2D eigenvalue weighted by atomic mass is 16.5. The van der Waals surface area contributed by atoms with Crippen LogP contribution in [0.3, 0.4) is 0 Å². The number of hydrogen-bond acceptors (Lipinski definition) is 3. The molecule has 0 bridgehead atoms. The van der Waals surface area contributed by atoms with Gasteiger partial charge >= 0.3 is 5.97 Å². The molecule has 15 heavy (non-hydrogen) atoms. The van der Waals surface area contributed by atoms with Gasteiger partial charge in [0, 0.05) is 12.5 Å². The molecule has 0 heterocycles. The summed E-state index contributed by atoms with van der Waals surface area (Å²) in [6, 6.07) is 9.22. The van der Waals surface area contributed by atoms with Crippen LogP contribution in [0.4, 0.5) is 0 Å². The van der Waals surface area contributed by atoms with E-state index in [2.05, 4.69) is 4.74 Å². The Morgan fingerprint density at radius 3 is 2.53 bits per heavy atom. The van der Waals surface area contributed by atoms with E-state index in [-0.39, 0.29) is 12.3 Å². The van der Waals surface area contributed by atoms with E-state index in [1.165, 1.54) is 14.0 Å². The van der Waals surface area contributed by atoms with Crippen LogP contribution in [0.1, 0.15) is 12.5 Å². The number of ether oxygens (including phenoxy) is 1. The molecule has 1 aromatic rings. The predicted octanol–water partition coefficient (Wildman–Crippen LogP) is 1.33. The molecule has 0 spiro atoms. The summed E-state index contributed by atoms with van der Waals surface area (Å²) in [7, 11) is 1.25. The maximum absolute atomic E-state index is 11.5. The van der Waals surface area contributed by atoms with Gasteiger partial charge in [-0.3, -0.25) is 0 Å². The molecule has 0 fully saturated rings. The fraction of sp³-hybridized carbons (Fsp3) is 0.273. The number of carbonyl (C=O) groups is 1. The van der Waals surface area contributed by atoms with Crippen molar-refractivity contribution >= 4 is 11.7 Å². The minimum Gasteiger partial charge on any atom is -0.623 e. The van der Waals surface area contributed by atoms with Gasteiger partial charge in [0.05, 0.1) is 7.11 Å². The molecule has 0 saturated heterocycles. The first-order valence-corrected chi connectivity index (χ1v) is 4.55. The summed E-state index contributed by atoms with van der Waals surface area (Å²) in [5.41, 5.74) is 0.914. The molecule has 0 saturated carbocycles. The SMILES string of the molecule is COC(=O)/C(C)=[N+](\[O-])Cc1ccccc1. The van der Waals surface area contributed by atoms with Gasteiger partial charge in [0.25, 0.3) is 5.71 Å². The number of esters is 1. The number of methoxy groups -OCH3 is 1. The molecule has 0 unspecified atom stereocenters. The second-order valence-electron chi connectivity index (χ2n) is 3.10. The standard InChI is InChI=1S/C11H13NO3/c1-9(11(13)15-2)12(14)8-10-6-4-3-5-7-10/h3-7H,8H2,1-2H3/b12-9-. The topological polar surface area (TPSA) is 52.4 Å². The van der Waals surface area contributed by atoms with Crippen molar-refractivity contribution in [1.82, 2.24) is 0 Å². The second kappa shape index (κ2) is 5.14. The van der Waals surface area contributed by atoms with Gasteiger partial charge in [-0.2, -0.15) is 4.74 Å². The Kier molecular flexibility index (Phi) is 3.85. The number of carbonyl (C=O) groups excluding carboxylic acids is 1. The molecule has 0 N–H and O–H groups in total. The Balaban J connectivity index is 2.78. The molecule has 0 aliphatic rings. The summed E-state index contributed by atoms with van der Waals surface area (Å²) in [4.78, 5) is 11.0. The number of benzene rings is 1. The highest BCUT2D eigenvalue weighted by Gasteiger charge is 2.14. The number of hydrogen-bond donors (Lipinski definition) is 0. The monoisotopic (exact) mass is 207 g/mol. The molecule has 0 atom stereocenters. The summed E-state index contributed by atoms with van der Waals surface area (Å²) in [5, 5.41) is 11.5. The van der Waals surface area contributed by atoms with Gasteiger partial charge in [-0.15, -0.1) is 0 Å². The van der Waals surface area contributed by atoms with Crippen LogP contribution >= 0.6 is 0 Å². The summed E-state index contributed by atoms with van der Waals surface area (Å²) in [6.45, 7) is 1.60. The zero-order valence-electron chi connectivity index (χ0n) is 8.77. The molecule has 0 aliphatic heterocycles. The lowest BCUT2D eigenvalue weighted by Gasteiger charge is -2.06. The Labute approximate surface area is 88.4 Å². The van der Waals surface area contributed by atoms with E-state index in [1.54, 1.807) is 0 Å². The van der Waals surface area contributed by atoms with Crippen molar-refractivity contribution in [3.05, 3.63) is 41.1 Å². The molecular weight excluding hydrogens is 194 g/mol. The van der Waals surface area contributed by atoms with E-state index < -0.39 is 5.97 Å². The number of nitrogens with zero attached hydrogens (tertiary/aromatic N) is 1. The average Bonchev–Trinajstić information content (AvgIpc) is 2.28. The Morgan fingerprint density at radius 1 is 1.40 bits per heavy atom. The first-order valence-electron chi connectivity index (χ1n) is 4.55. The molecule has 0 amide bonds. The molecule has 4 heteroatoms. The van der Waals surface area contributed by atoms with E-state index in [9.17, 15) is 10.0 Å². The molecular formula is C11H13NO3. The third-order valence-electron chi connectivity index (χ3n) is 2.02. The maximum Gasteiger partial charge on any atom is 0.399 e. The smallest absolute Gasteiger partial charge is 0.399 e. The second-order valence-corrected chi connectivity index (χ2v) is 3.10. The highest BCUT2D eigenvalue weighted by molar-refractivity contribution is 6.33. The van der Waals surface area contributed by atoms with Crippen LogP contribution in [0.5, 0.6) is 0 Å². The highest BCUT2D eigenvalue weighted by Crippen LogP contribution is 2.00. The molecule has 0 aromatic heterocycles. The van der Waals surface area contributed by atoms with Gasteiger partial charge in [0.15, 0.2) is 6.54 Å². The lowest BCUT2D eigenvalue weighted by atomic mass is 10.2. The first-order chi connectivity index (χ1) is 7.15. The van der Waals surface area contributed by atoms with Gasteiger partial charge in [0.2, 0.25) is 0 Å².